The number of hydrogen-bond donors (Lipinski definition) is 0. The fourth-order valence-corrected chi connectivity index (χ4v) is 5.91. The molecule has 10 heteroatoms. The normalized spacial score (nSPS) is 12.7. The van der Waals surface area contributed by atoms with Gasteiger partial charge in [0.2, 0.25) is 0 Å². The second-order valence-corrected chi connectivity index (χ2v) is 10.3. The lowest BCUT2D eigenvalue weighted by atomic mass is 9.99. The molecule has 1 aliphatic heterocycles. The van der Waals surface area contributed by atoms with Gasteiger partial charge in [-0.15, -0.1) is 0 Å². The number of sulfone groups is 1. The van der Waals surface area contributed by atoms with E-state index in [1.54, 1.807) is 24.4 Å². The third-order valence-corrected chi connectivity index (χ3v) is 7.83. The summed E-state index contributed by atoms with van der Waals surface area (Å²) in [6, 6.07) is 11.6. The quantitative estimate of drug-likeness (QED) is 0.352. The van der Waals surface area contributed by atoms with E-state index in [0.717, 1.165) is 17.8 Å². The van der Waals surface area contributed by atoms with Crippen LogP contribution in [0.4, 0.5) is 14.5 Å². The molecular formula is C25H17ClF2N4O2S. The van der Waals surface area contributed by atoms with Gasteiger partial charge >= 0.3 is 0 Å². The van der Waals surface area contributed by atoms with Gasteiger partial charge in [-0.3, -0.25) is 9.98 Å². The Labute approximate surface area is 205 Å². The first-order valence-corrected chi connectivity index (χ1v) is 12.6. The lowest BCUT2D eigenvalue weighted by Crippen LogP contribution is -2.10. The largest absolute Gasteiger partial charge is 0.260 e. The molecule has 35 heavy (non-hydrogen) atoms. The Morgan fingerprint density at radius 1 is 0.971 bits per heavy atom. The molecule has 5 rings (SSSR count). The molecule has 4 aromatic rings. The molecule has 0 amide bonds. The highest BCUT2D eigenvalue weighted by atomic mass is 35.5. The number of aliphatic imine (C=N–C) groups is 1. The van der Waals surface area contributed by atoms with Crippen molar-refractivity contribution < 1.29 is 17.2 Å². The topological polar surface area (TPSA) is 85.2 Å². The molecule has 0 saturated carbocycles. The van der Waals surface area contributed by atoms with Gasteiger partial charge in [0, 0.05) is 41.9 Å². The zero-order valence-electron chi connectivity index (χ0n) is 18.1. The highest BCUT2D eigenvalue weighted by Gasteiger charge is 2.24. The summed E-state index contributed by atoms with van der Waals surface area (Å²) in [5.41, 5.74) is 2.37. The average Bonchev–Trinajstić information content (AvgIpc) is 3.33. The minimum Gasteiger partial charge on any atom is -0.260 e. The van der Waals surface area contributed by atoms with Gasteiger partial charge in [-0.2, -0.15) is 0 Å². The van der Waals surface area contributed by atoms with Crippen molar-refractivity contribution >= 4 is 33.3 Å². The Balaban J connectivity index is 1.53. The number of benzene rings is 2. The van der Waals surface area contributed by atoms with Crippen LogP contribution in [0.5, 0.6) is 0 Å². The molecule has 6 nitrogen and oxygen atoms in total. The van der Waals surface area contributed by atoms with E-state index in [4.69, 9.17) is 11.6 Å². The number of aromatic nitrogens is 3. The molecule has 0 fully saturated rings. The molecule has 0 radical (unpaired) electrons. The van der Waals surface area contributed by atoms with Gasteiger partial charge in [0.1, 0.15) is 29.3 Å². The molecule has 1 aliphatic rings. The molecule has 2 aromatic carbocycles. The minimum atomic E-state index is -3.97. The predicted molar refractivity (Wildman–Crippen MR) is 129 cm³/mol. The van der Waals surface area contributed by atoms with Crippen molar-refractivity contribution in [3.63, 3.8) is 0 Å². The third kappa shape index (κ3) is 4.44. The van der Waals surface area contributed by atoms with Crippen molar-refractivity contribution in [2.24, 2.45) is 4.99 Å². The second-order valence-electron chi connectivity index (χ2n) is 7.90. The Hall–Kier alpha value is -3.56. The zero-order valence-corrected chi connectivity index (χ0v) is 19.7. The molecular weight excluding hydrogens is 494 g/mol. The molecule has 0 spiro atoms. The first-order valence-electron chi connectivity index (χ1n) is 10.6. The molecule has 0 bridgehead atoms. The average molecular weight is 511 g/mol. The molecule has 0 atom stereocenters. The second kappa shape index (κ2) is 9.24. The van der Waals surface area contributed by atoms with Crippen LogP contribution in [0.3, 0.4) is 0 Å². The molecule has 0 N–H and O–H groups in total. The summed E-state index contributed by atoms with van der Waals surface area (Å²) in [6.07, 6.45) is 5.02. The first-order chi connectivity index (χ1) is 16.8. The van der Waals surface area contributed by atoms with E-state index < -0.39 is 27.2 Å². The minimum absolute atomic E-state index is 0.0356. The first kappa shape index (κ1) is 23.2. The van der Waals surface area contributed by atoms with Gasteiger partial charge < -0.3 is 0 Å². The Morgan fingerprint density at radius 2 is 1.80 bits per heavy atom. The molecule has 0 saturated heterocycles. The van der Waals surface area contributed by atoms with Crippen LogP contribution in [0.25, 0.3) is 11.3 Å². The van der Waals surface area contributed by atoms with Gasteiger partial charge in [-0.1, -0.05) is 29.8 Å². The summed E-state index contributed by atoms with van der Waals surface area (Å²) in [5, 5.41) is 0.0356. The summed E-state index contributed by atoms with van der Waals surface area (Å²) < 4.78 is 56.1. The SMILES string of the molecule is O=S(=O)(Cc1ccc(F)c(Cc2ncccc2-c2ncnc3c2N=CC3)c1F)c1ccccc1Cl. The van der Waals surface area contributed by atoms with E-state index >= 15 is 4.39 Å². The highest BCUT2D eigenvalue weighted by Crippen LogP contribution is 2.35. The van der Waals surface area contributed by atoms with Crippen molar-refractivity contribution in [3.8, 4) is 11.3 Å². The van der Waals surface area contributed by atoms with Gasteiger partial charge in [0.25, 0.3) is 0 Å². The lowest BCUT2D eigenvalue weighted by molar-refractivity contribution is 0.550. The summed E-state index contributed by atoms with van der Waals surface area (Å²) in [4.78, 5) is 17.1. The number of halogens is 3. The van der Waals surface area contributed by atoms with Crippen molar-refractivity contribution in [2.45, 2.75) is 23.5 Å². The van der Waals surface area contributed by atoms with Crippen molar-refractivity contribution in [1.82, 2.24) is 15.0 Å². The van der Waals surface area contributed by atoms with E-state index in [1.807, 2.05) is 0 Å². The van der Waals surface area contributed by atoms with E-state index in [9.17, 15) is 12.8 Å². The van der Waals surface area contributed by atoms with Gasteiger partial charge in [-0.05, 0) is 30.3 Å². The van der Waals surface area contributed by atoms with Crippen LogP contribution in [0.2, 0.25) is 5.02 Å². The maximum absolute atomic E-state index is 15.5. The molecule has 176 valence electrons. The number of pyridine rings is 1. The summed E-state index contributed by atoms with van der Waals surface area (Å²) >= 11 is 6.03. The summed E-state index contributed by atoms with van der Waals surface area (Å²) in [7, 11) is -3.97. The summed E-state index contributed by atoms with van der Waals surface area (Å²) in [6.45, 7) is 0. The van der Waals surface area contributed by atoms with Crippen LogP contribution in [0, 0.1) is 11.6 Å². The summed E-state index contributed by atoms with van der Waals surface area (Å²) in [5.74, 6) is -2.41. The monoisotopic (exact) mass is 510 g/mol. The van der Waals surface area contributed by atoms with Crippen LogP contribution < -0.4 is 0 Å². The molecule has 0 unspecified atom stereocenters. The predicted octanol–water partition coefficient (Wildman–Crippen LogP) is 5.29. The van der Waals surface area contributed by atoms with Crippen molar-refractivity contribution in [3.05, 3.63) is 100 Å². The standard InChI is InChI=1S/C25H17ClF2N4O2S/c26-18-5-1-2-6-22(18)35(33,34)13-15-7-8-19(27)17(23(15)28)12-21-16(4-3-10-29-21)24-25-20(9-11-30-25)31-14-32-24/h1-8,10-11,14H,9,12-13H2. The third-order valence-electron chi connectivity index (χ3n) is 5.68. The van der Waals surface area contributed by atoms with E-state index in [-0.39, 0.29) is 27.5 Å². The smallest absolute Gasteiger partial charge is 0.184 e. The Morgan fingerprint density at radius 3 is 2.63 bits per heavy atom. The molecule has 0 aliphatic carbocycles. The van der Waals surface area contributed by atoms with Gasteiger partial charge in [0.05, 0.1) is 27.1 Å². The fraction of sp³-hybridized carbons (Fsp3) is 0.120. The Bertz CT molecular complexity index is 1590. The van der Waals surface area contributed by atoms with Crippen molar-refractivity contribution in [1.29, 1.82) is 0 Å². The molecule has 3 heterocycles. The van der Waals surface area contributed by atoms with Crippen LogP contribution in [0.1, 0.15) is 22.5 Å². The van der Waals surface area contributed by atoms with E-state index in [2.05, 4.69) is 19.9 Å². The zero-order chi connectivity index (χ0) is 24.6. The van der Waals surface area contributed by atoms with Crippen LogP contribution >= 0.6 is 11.6 Å². The Kier molecular flexibility index (Phi) is 6.12. The van der Waals surface area contributed by atoms with E-state index in [1.165, 1.54) is 30.7 Å². The van der Waals surface area contributed by atoms with Gasteiger partial charge in [-0.25, -0.2) is 27.2 Å². The van der Waals surface area contributed by atoms with E-state index in [0.29, 0.717) is 29.1 Å². The maximum atomic E-state index is 15.5. The number of fused-ring (bicyclic) bond motifs is 1. The fourth-order valence-electron chi connectivity index (χ4n) is 3.98. The lowest BCUT2D eigenvalue weighted by Gasteiger charge is -2.13. The highest BCUT2D eigenvalue weighted by molar-refractivity contribution is 7.90. The number of hydrogen-bond acceptors (Lipinski definition) is 6. The van der Waals surface area contributed by atoms with Gasteiger partial charge in [0.15, 0.2) is 9.84 Å². The molecule has 2 aromatic heterocycles. The van der Waals surface area contributed by atoms with Crippen molar-refractivity contribution in [2.75, 3.05) is 0 Å². The maximum Gasteiger partial charge on any atom is 0.184 e. The number of rotatable bonds is 6. The van der Waals surface area contributed by atoms with Crippen LogP contribution in [-0.2, 0) is 28.4 Å². The number of nitrogens with zero attached hydrogens (tertiary/aromatic N) is 4. The van der Waals surface area contributed by atoms with Crippen LogP contribution in [-0.4, -0.2) is 29.6 Å². The van der Waals surface area contributed by atoms with Crippen LogP contribution in [0.15, 0.2) is 70.9 Å².